The summed E-state index contributed by atoms with van der Waals surface area (Å²) in [7, 11) is 0. The maximum atomic E-state index is 12.5. The van der Waals surface area contributed by atoms with Gasteiger partial charge in [0.15, 0.2) is 0 Å². The van der Waals surface area contributed by atoms with Crippen molar-refractivity contribution in [1.82, 2.24) is 15.1 Å². The van der Waals surface area contributed by atoms with Crippen LogP contribution in [-0.2, 0) is 9.59 Å². The number of hydrogen-bond acceptors (Lipinski definition) is 4. The van der Waals surface area contributed by atoms with Crippen molar-refractivity contribution < 1.29 is 9.59 Å². The number of nitrogens with one attached hydrogen (secondary N) is 1. The van der Waals surface area contributed by atoms with Gasteiger partial charge in [0.05, 0.1) is 0 Å². The lowest BCUT2D eigenvalue weighted by atomic mass is 9.96. The molecule has 1 unspecified atom stereocenters. The molecule has 1 atom stereocenters. The van der Waals surface area contributed by atoms with Crippen LogP contribution in [0.3, 0.4) is 0 Å². The summed E-state index contributed by atoms with van der Waals surface area (Å²) in [6.07, 6.45) is 0.670. The highest BCUT2D eigenvalue weighted by molar-refractivity contribution is 7.99. The number of rotatable bonds is 4. The second-order valence-electron chi connectivity index (χ2n) is 5.99. The molecule has 2 aliphatic heterocycles. The normalized spacial score (nSPS) is 27.6. The highest BCUT2D eigenvalue weighted by Crippen LogP contribution is 2.20. The van der Waals surface area contributed by atoms with E-state index in [0.29, 0.717) is 13.0 Å². The SMILES string of the molecule is CCC1C(=O)NC(C)(C)C(=O)N1CCN1CCSCC1. The molecule has 0 bridgehead atoms. The van der Waals surface area contributed by atoms with Gasteiger partial charge in [-0.1, -0.05) is 6.92 Å². The van der Waals surface area contributed by atoms with Crippen LogP contribution in [0.5, 0.6) is 0 Å². The Labute approximate surface area is 125 Å². The van der Waals surface area contributed by atoms with E-state index >= 15 is 0 Å². The van der Waals surface area contributed by atoms with Crippen molar-refractivity contribution in [3.05, 3.63) is 0 Å². The number of carbonyl (C=O) groups excluding carboxylic acids is 2. The van der Waals surface area contributed by atoms with E-state index in [4.69, 9.17) is 0 Å². The summed E-state index contributed by atoms with van der Waals surface area (Å²) in [4.78, 5) is 28.8. The molecule has 2 saturated heterocycles. The third-order valence-electron chi connectivity index (χ3n) is 4.06. The van der Waals surface area contributed by atoms with Gasteiger partial charge in [-0.3, -0.25) is 14.5 Å². The molecule has 0 aromatic heterocycles. The fourth-order valence-electron chi connectivity index (χ4n) is 2.82. The van der Waals surface area contributed by atoms with Crippen LogP contribution < -0.4 is 5.32 Å². The summed E-state index contributed by atoms with van der Waals surface area (Å²) >= 11 is 1.98. The standard InChI is InChI=1S/C14H25N3O2S/c1-4-11-12(18)15-14(2,3)13(19)17(11)6-5-16-7-9-20-10-8-16/h11H,4-10H2,1-3H3,(H,15,18). The van der Waals surface area contributed by atoms with E-state index in [9.17, 15) is 9.59 Å². The first kappa shape index (κ1) is 15.6. The lowest BCUT2D eigenvalue weighted by Crippen LogP contribution is -2.68. The Bertz CT molecular complexity index is 381. The Morgan fingerprint density at radius 2 is 1.90 bits per heavy atom. The van der Waals surface area contributed by atoms with Gasteiger partial charge < -0.3 is 10.2 Å². The van der Waals surface area contributed by atoms with Crippen LogP contribution in [0.1, 0.15) is 27.2 Å². The van der Waals surface area contributed by atoms with E-state index in [-0.39, 0.29) is 17.9 Å². The van der Waals surface area contributed by atoms with Crippen molar-refractivity contribution in [3.8, 4) is 0 Å². The first-order valence-electron chi connectivity index (χ1n) is 7.39. The Morgan fingerprint density at radius 3 is 2.50 bits per heavy atom. The zero-order chi connectivity index (χ0) is 14.8. The van der Waals surface area contributed by atoms with Crippen LogP contribution in [0.15, 0.2) is 0 Å². The van der Waals surface area contributed by atoms with Crippen molar-refractivity contribution in [2.75, 3.05) is 37.7 Å². The highest BCUT2D eigenvalue weighted by Gasteiger charge is 2.44. The number of amides is 2. The van der Waals surface area contributed by atoms with Crippen LogP contribution in [0.4, 0.5) is 0 Å². The van der Waals surface area contributed by atoms with Crippen LogP contribution in [0.25, 0.3) is 0 Å². The molecule has 20 heavy (non-hydrogen) atoms. The maximum absolute atomic E-state index is 12.5. The molecule has 2 rings (SSSR count). The Balaban J connectivity index is 2.01. The minimum absolute atomic E-state index is 0.0219. The first-order valence-corrected chi connectivity index (χ1v) is 8.54. The summed E-state index contributed by atoms with van der Waals surface area (Å²) in [5.41, 5.74) is -0.777. The number of hydrogen-bond donors (Lipinski definition) is 1. The highest BCUT2D eigenvalue weighted by atomic mass is 32.2. The lowest BCUT2D eigenvalue weighted by Gasteiger charge is -2.43. The van der Waals surface area contributed by atoms with Gasteiger partial charge >= 0.3 is 0 Å². The number of thioether (sulfide) groups is 1. The zero-order valence-corrected chi connectivity index (χ0v) is 13.5. The smallest absolute Gasteiger partial charge is 0.248 e. The topological polar surface area (TPSA) is 52.7 Å². The molecular weight excluding hydrogens is 274 g/mol. The summed E-state index contributed by atoms with van der Waals surface area (Å²) in [6, 6.07) is -0.310. The second-order valence-corrected chi connectivity index (χ2v) is 7.22. The quantitative estimate of drug-likeness (QED) is 0.824. The van der Waals surface area contributed by atoms with Crippen molar-refractivity contribution in [1.29, 1.82) is 0 Å². The predicted octanol–water partition coefficient (Wildman–Crippen LogP) is 0.551. The van der Waals surface area contributed by atoms with E-state index in [2.05, 4.69) is 10.2 Å². The monoisotopic (exact) mass is 299 g/mol. The molecule has 2 aliphatic rings. The largest absolute Gasteiger partial charge is 0.340 e. The maximum Gasteiger partial charge on any atom is 0.248 e. The molecule has 2 heterocycles. The molecule has 1 N–H and O–H groups in total. The van der Waals surface area contributed by atoms with Gasteiger partial charge in [-0.05, 0) is 20.3 Å². The van der Waals surface area contributed by atoms with Gasteiger partial charge in [0.1, 0.15) is 11.6 Å². The second kappa shape index (κ2) is 6.35. The average molecular weight is 299 g/mol. The average Bonchev–Trinajstić information content (AvgIpc) is 2.42. The van der Waals surface area contributed by atoms with Crippen molar-refractivity contribution in [3.63, 3.8) is 0 Å². The van der Waals surface area contributed by atoms with Crippen molar-refractivity contribution in [2.45, 2.75) is 38.8 Å². The van der Waals surface area contributed by atoms with E-state index in [0.717, 1.165) is 31.1 Å². The summed E-state index contributed by atoms with van der Waals surface area (Å²) in [5.74, 6) is 2.34. The Hall–Kier alpha value is -0.750. The molecule has 0 radical (unpaired) electrons. The lowest BCUT2D eigenvalue weighted by molar-refractivity contribution is -0.153. The van der Waals surface area contributed by atoms with Gasteiger partial charge in [0.25, 0.3) is 0 Å². The van der Waals surface area contributed by atoms with Gasteiger partial charge in [0.2, 0.25) is 11.8 Å². The van der Waals surface area contributed by atoms with Crippen LogP contribution in [0.2, 0.25) is 0 Å². The molecule has 2 amide bonds. The first-order chi connectivity index (χ1) is 9.45. The number of nitrogens with zero attached hydrogens (tertiary/aromatic N) is 2. The Morgan fingerprint density at radius 1 is 1.25 bits per heavy atom. The summed E-state index contributed by atoms with van der Waals surface area (Å²) < 4.78 is 0. The fraction of sp³-hybridized carbons (Fsp3) is 0.857. The summed E-state index contributed by atoms with van der Waals surface area (Å²) in [5, 5.41) is 2.83. The minimum atomic E-state index is -0.777. The zero-order valence-electron chi connectivity index (χ0n) is 12.6. The predicted molar refractivity (Wildman–Crippen MR) is 81.8 cm³/mol. The molecule has 5 nitrogen and oxygen atoms in total. The molecule has 114 valence electrons. The third-order valence-corrected chi connectivity index (χ3v) is 5.00. The van der Waals surface area contributed by atoms with Crippen molar-refractivity contribution >= 4 is 23.6 Å². The molecule has 2 fully saturated rings. The minimum Gasteiger partial charge on any atom is -0.340 e. The molecular formula is C14H25N3O2S. The number of carbonyl (C=O) groups is 2. The molecule has 0 aromatic rings. The molecule has 0 saturated carbocycles. The van der Waals surface area contributed by atoms with E-state index < -0.39 is 5.54 Å². The fourth-order valence-corrected chi connectivity index (χ4v) is 3.80. The van der Waals surface area contributed by atoms with Gasteiger partial charge in [-0.2, -0.15) is 11.8 Å². The number of piperazine rings is 1. The molecule has 0 aromatic carbocycles. The van der Waals surface area contributed by atoms with Gasteiger partial charge in [-0.25, -0.2) is 0 Å². The van der Waals surface area contributed by atoms with E-state index in [1.807, 2.05) is 18.7 Å². The molecule has 0 aliphatic carbocycles. The molecule has 6 heteroatoms. The van der Waals surface area contributed by atoms with Gasteiger partial charge in [0, 0.05) is 37.7 Å². The van der Waals surface area contributed by atoms with Crippen molar-refractivity contribution in [2.24, 2.45) is 0 Å². The molecule has 0 spiro atoms. The van der Waals surface area contributed by atoms with E-state index in [1.54, 1.807) is 18.7 Å². The summed E-state index contributed by atoms with van der Waals surface area (Å²) in [6.45, 7) is 9.21. The van der Waals surface area contributed by atoms with Gasteiger partial charge in [-0.15, -0.1) is 0 Å². The van der Waals surface area contributed by atoms with Crippen LogP contribution in [-0.4, -0.2) is 70.9 Å². The Kier molecular flexibility index (Phi) is 4.96. The van der Waals surface area contributed by atoms with E-state index in [1.165, 1.54) is 0 Å². The third kappa shape index (κ3) is 3.28. The van der Waals surface area contributed by atoms with Crippen LogP contribution >= 0.6 is 11.8 Å². The van der Waals surface area contributed by atoms with Crippen LogP contribution in [0, 0.1) is 0 Å².